The fourth-order valence-electron chi connectivity index (χ4n) is 21.2. The number of benzene rings is 2. The minimum Gasteiger partial charge on any atom is -0.445 e. The lowest BCUT2D eigenvalue weighted by Gasteiger charge is -2.50. The highest BCUT2D eigenvalue weighted by Crippen LogP contribution is 2.66. The second-order valence-electron chi connectivity index (χ2n) is 30.6. The lowest BCUT2D eigenvalue weighted by molar-refractivity contribution is -0.0789. The van der Waals surface area contributed by atoms with Gasteiger partial charge in [0.2, 0.25) is 9.05 Å². The number of rotatable bonds is 4. The molecule has 13 nitrogen and oxygen atoms in total. The van der Waals surface area contributed by atoms with E-state index in [-0.39, 0.29) is 70.3 Å². The summed E-state index contributed by atoms with van der Waals surface area (Å²) in [6, 6.07) is 20.1. The topological polar surface area (TPSA) is 157 Å². The number of carbonyl (C=O) groups excluding carboxylic acids is 2. The molecular weight excluding hydrogens is 1160 g/mol. The van der Waals surface area contributed by atoms with Crippen LogP contribution in [0.2, 0.25) is 0 Å². The van der Waals surface area contributed by atoms with Gasteiger partial charge in [-0.2, -0.15) is 0 Å². The number of oxime groups is 1. The standard InChI is InChI=1S/C37H50N2O3.C36H48N2O4.CH3ClO2S/c1-23-17-33-34(39(21-23)35(40)41-22-26-9-7-6-8-10-26)25(3)37(42-33)16-14-29-30-12-11-27-18-28(38-5)13-15-36(27,4)32(30)19-31(29)24(2)20-37;1-22-16-32-33(38(20-22)34(39)41-21-25-8-6-5-7-9-25)24(3)36(42-32)15-13-28-29-11-10-26-17-27(37-40)12-14-35(26,4)31(29)18-30(28)23(2)19-36;1-5(2,3)4/h6-10,13,15,23,25,27,29-30,32-34H,11-12,14,16-22H2,1-5H3;5-9,12,14,22,24,26,28-29,31-33,40H,10-11,13,15-21H2,1-4H3;1H3/t23-,25+,27+,29-,30-,32-,33+,34-,36-,37-;22-,24+,26+,28-,29-,31-,32+,33-,35-,36-;/m00./s1. The zero-order valence-corrected chi connectivity index (χ0v) is 56.3. The molecule has 8 aliphatic carbocycles. The van der Waals surface area contributed by atoms with Crippen LogP contribution in [0.25, 0.3) is 0 Å². The largest absolute Gasteiger partial charge is 0.445 e. The van der Waals surface area contributed by atoms with E-state index in [0.29, 0.717) is 54.6 Å². The Labute approximate surface area is 536 Å². The summed E-state index contributed by atoms with van der Waals surface area (Å²) in [6.45, 7) is 21.1. The number of likely N-dealkylation sites (tertiary alicyclic amines) is 2. The molecule has 4 aliphatic heterocycles. The Hall–Kier alpha value is -4.76. The van der Waals surface area contributed by atoms with Crippen LogP contribution in [0, 0.1) is 81.8 Å². The van der Waals surface area contributed by atoms with Crippen molar-refractivity contribution in [2.75, 3.05) is 26.4 Å². The quantitative estimate of drug-likeness (QED) is 0.136. The molecule has 1 N–H and O–H groups in total. The molecule has 8 fully saturated rings. The van der Waals surface area contributed by atoms with E-state index in [1.807, 2.05) is 77.5 Å². The van der Waals surface area contributed by atoms with E-state index < -0.39 is 9.05 Å². The molecule has 0 unspecified atom stereocenters. The first-order valence-electron chi connectivity index (χ1n) is 34.1. The van der Waals surface area contributed by atoms with E-state index in [2.05, 4.69) is 101 Å². The van der Waals surface area contributed by atoms with Crippen molar-refractivity contribution >= 4 is 43.3 Å². The van der Waals surface area contributed by atoms with Gasteiger partial charge in [-0.15, -0.1) is 0 Å². The van der Waals surface area contributed by atoms with Gasteiger partial charge in [0.1, 0.15) is 13.2 Å². The van der Waals surface area contributed by atoms with E-state index in [4.69, 9.17) is 18.9 Å². The lowest BCUT2D eigenvalue weighted by Crippen LogP contribution is -2.54. The Morgan fingerprint density at radius 2 is 1.04 bits per heavy atom. The van der Waals surface area contributed by atoms with Gasteiger partial charge in [0.05, 0.1) is 47.5 Å². The maximum Gasteiger partial charge on any atom is 0.410 e. The van der Waals surface area contributed by atoms with Gasteiger partial charge in [-0.25, -0.2) is 18.0 Å². The van der Waals surface area contributed by atoms with Crippen LogP contribution in [0.4, 0.5) is 9.59 Å². The Morgan fingerprint density at radius 3 is 1.45 bits per heavy atom. The highest BCUT2D eigenvalue weighted by Gasteiger charge is 2.63. The van der Waals surface area contributed by atoms with E-state index in [0.717, 1.165) is 105 Å². The van der Waals surface area contributed by atoms with Crippen LogP contribution in [0.15, 0.2) is 117 Å². The molecule has 12 aliphatic rings. The molecule has 2 spiro atoms. The van der Waals surface area contributed by atoms with Crippen LogP contribution < -0.4 is 0 Å². The highest BCUT2D eigenvalue weighted by atomic mass is 35.7. The summed E-state index contributed by atoms with van der Waals surface area (Å²) in [5, 5.41) is 13.0. The summed E-state index contributed by atoms with van der Waals surface area (Å²) in [5.41, 5.74) is 10.8. The van der Waals surface area contributed by atoms with Gasteiger partial charge in [-0.05, 0) is 210 Å². The van der Waals surface area contributed by atoms with Gasteiger partial charge in [-0.1, -0.05) is 142 Å². The number of piperidine rings is 2. The number of ether oxygens (including phenoxy) is 4. The van der Waals surface area contributed by atoms with Crippen molar-refractivity contribution in [3.63, 3.8) is 0 Å². The number of amides is 2. The Bertz CT molecular complexity index is 3070. The molecule has 89 heavy (non-hydrogen) atoms. The van der Waals surface area contributed by atoms with Gasteiger partial charge in [0.25, 0.3) is 0 Å². The maximum atomic E-state index is 13.5. The SMILES string of the molecule is CC1=C2C[C@H]3[C@@H](CC[C@@H]4CC(=NO)C=C[C@@]43C)[C@@H]2CC[C@@]2(C1)O[C@@H]1C[C@H](C)CN(C(=O)OCc3ccccc3)[C@H]1[C@H]2C.CN=C1C=C[C@@]2(C)[C@H](CC[C@H]3[C@@H]4CC[C@@]5(CC(C)=C4C[C@@H]32)O[C@@H]2C[C@H](C)CN(C(=O)OCc3ccccc3)[C@H]2[C@H]5C)C1.CS(=O)(=O)Cl. The van der Waals surface area contributed by atoms with E-state index >= 15 is 0 Å². The second kappa shape index (κ2) is 25.3. The van der Waals surface area contributed by atoms with Gasteiger partial charge < -0.3 is 34.0 Å². The van der Waals surface area contributed by atoms with Crippen LogP contribution in [-0.2, 0) is 41.2 Å². The molecule has 0 radical (unpaired) electrons. The van der Waals surface area contributed by atoms with Crippen LogP contribution >= 0.6 is 10.7 Å². The van der Waals surface area contributed by atoms with Crippen LogP contribution in [-0.4, -0.2) is 109 Å². The van der Waals surface area contributed by atoms with E-state index in [9.17, 15) is 23.2 Å². The normalized spacial score (nSPS) is 41.7. The predicted molar refractivity (Wildman–Crippen MR) is 351 cm³/mol. The molecule has 15 heteroatoms. The summed E-state index contributed by atoms with van der Waals surface area (Å²) in [4.78, 5) is 35.7. The van der Waals surface area contributed by atoms with Crippen LogP contribution in [0.1, 0.15) is 169 Å². The molecule has 0 bridgehead atoms. The molecule has 2 aromatic carbocycles. The molecular formula is C74H101ClN4O9S. The van der Waals surface area contributed by atoms with Crippen molar-refractivity contribution < 1.29 is 42.2 Å². The molecule has 484 valence electrons. The summed E-state index contributed by atoms with van der Waals surface area (Å²) < 4.78 is 44.9. The fraction of sp³-hybridized carbons (Fsp3) is 0.676. The van der Waals surface area contributed by atoms with Crippen molar-refractivity contribution in [3.8, 4) is 0 Å². The lowest BCUT2D eigenvalue weighted by atomic mass is 9.54. The number of hydrogen-bond donors (Lipinski definition) is 1. The first-order chi connectivity index (χ1) is 42.4. The zero-order valence-electron chi connectivity index (χ0n) is 54.8. The molecule has 2 amide bonds. The molecule has 4 heterocycles. The number of allylic oxidation sites excluding steroid dienone is 6. The number of aliphatic imine (C=N–C) groups is 1. The first-order valence-corrected chi connectivity index (χ1v) is 36.8. The second-order valence-corrected chi connectivity index (χ2v) is 33.7. The van der Waals surface area contributed by atoms with E-state index in [1.54, 1.807) is 22.3 Å². The minimum atomic E-state index is -3.19. The zero-order chi connectivity index (χ0) is 63.0. The number of fused-ring (bicyclic) bond motifs is 12. The Kier molecular flexibility index (Phi) is 18.3. The van der Waals surface area contributed by atoms with Crippen LogP contribution in [0.5, 0.6) is 0 Å². The van der Waals surface area contributed by atoms with Gasteiger partial charge in [0, 0.05) is 48.4 Å². The third-order valence-corrected chi connectivity index (χ3v) is 25.6. The maximum absolute atomic E-state index is 13.5. The van der Waals surface area contributed by atoms with Crippen molar-refractivity contribution in [1.29, 1.82) is 0 Å². The smallest absolute Gasteiger partial charge is 0.410 e. The van der Waals surface area contributed by atoms with Crippen molar-refractivity contribution in [2.24, 2.45) is 92.0 Å². The minimum absolute atomic E-state index is 0.0667. The monoisotopic (exact) mass is 1260 g/mol. The summed E-state index contributed by atoms with van der Waals surface area (Å²) in [7, 11) is 3.25. The average Bonchev–Trinajstić information content (AvgIpc) is 1.61. The molecule has 2 aromatic rings. The van der Waals surface area contributed by atoms with Crippen molar-refractivity contribution in [1.82, 2.24) is 9.80 Å². The molecule has 0 aromatic heterocycles. The summed E-state index contributed by atoms with van der Waals surface area (Å²) >= 11 is 0. The molecule has 4 saturated carbocycles. The van der Waals surface area contributed by atoms with E-state index in [1.165, 1.54) is 57.1 Å². The molecule has 14 rings (SSSR count). The Morgan fingerprint density at radius 1 is 0.640 bits per heavy atom. The summed E-state index contributed by atoms with van der Waals surface area (Å²) in [5.74, 6) is 6.86. The third kappa shape index (κ3) is 12.3. The number of hydrogen-bond acceptors (Lipinski definition) is 11. The number of nitrogens with zero attached hydrogens (tertiary/aromatic N) is 4. The predicted octanol–water partition coefficient (Wildman–Crippen LogP) is 16.0. The van der Waals surface area contributed by atoms with Gasteiger partial charge in [-0.3, -0.25) is 4.99 Å². The number of halogens is 1. The fourth-order valence-corrected chi connectivity index (χ4v) is 21.2. The van der Waals surface area contributed by atoms with Crippen molar-refractivity contribution in [2.45, 2.75) is 207 Å². The molecule has 4 saturated heterocycles. The van der Waals surface area contributed by atoms with Crippen molar-refractivity contribution in [3.05, 3.63) is 118 Å². The van der Waals surface area contributed by atoms with Gasteiger partial charge in [0.15, 0.2) is 0 Å². The van der Waals surface area contributed by atoms with Gasteiger partial charge >= 0.3 is 12.2 Å². The third-order valence-electron chi connectivity index (χ3n) is 25.6. The Balaban J connectivity index is 0.000000161. The first kappa shape index (κ1) is 64.3. The molecule has 20 atom stereocenters. The average molecular weight is 1260 g/mol. The number of carbonyl (C=O) groups is 2. The summed E-state index contributed by atoms with van der Waals surface area (Å²) in [6.07, 6.45) is 28.3. The van der Waals surface area contributed by atoms with Crippen LogP contribution in [0.3, 0.4) is 0 Å². The highest BCUT2D eigenvalue weighted by molar-refractivity contribution is 8.13.